The molecule has 0 spiro atoms. The SMILES string of the molecule is COC(=O)Nn1c(C(=O)c2ccccc2)c(C)n(CCCl)c1=O. The number of imidazole rings is 1. The number of benzene rings is 1. The number of nitrogens with zero attached hydrogens (tertiary/aromatic N) is 2. The summed E-state index contributed by atoms with van der Waals surface area (Å²) in [6.45, 7) is 1.84. The molecule has 2 rings (SSSR count). The summed E-state index contributed by atoms with van der Waals surface area (Å²) in [6, 6.07) is 8.48. The van der Waals surface area contributed by atoms with Crippen molar-refractivity contribution in [1.29, 1.82) is 0 Å². The average Bonchev–Trinajstić information content (AvgIpc) is 2.79. The highest BCUT2D eigenvalue weighted by molar-refractivity contribution is 6.17. The van der Waals surface area contributed by atoms with Gasteiger partial charge in [-0.05, 0) is 6.92 Å². The third-order valence-electron chi connectivity index (χ3n) is 3.34. The third-order valence-corrected chi connectivity index (χ3v) is 3.51. The monoisotopic (exact) mass is 337 g/mol. The number of carbonyl (C=O) groups excluding carboxylic acids is 2. The molecule has 1 N–H and O–H groups in total. The maximum absolute atomic E-state index is 12.7. The van der Waals surface area contributed by atoms with Crippen LogP contribution in [0.25, 0.3) is 0 Å². The fourth-order valence-corrected chi connectivity index (χ4v) is 2.40. The Balaban J connectivity index is 2.60. The van der Waals surface area contributed by atoms with Crippen molar-refractivity contribution in [3.8, 4) is 0 Å². The van der Waals surface area contributed by atoms with Crippen molar-refractivity contribution in [3.63, 3.8) is 0 Å². The van der Waals surface area contributed by atoms with E-state index in [9.17, 15) is 14.4 Å². The van der Waals surface area contributed by atoms with Crippen LogP contribution in [-0.2, 0) is 11.3 Å². The maximum Gasteiger partial charge on any atom is 0.426 e. The molecule has 0 aliphatic rings. The second-order valence-electron chi connectivity index (χ2n) is 4.69. The largest absolute Gasteiger partial charge is 0.452 e. The van der Waals surface area contributed by atoms with Crippen LogP contribution in [0.4, 0.5) is 4.79 Å². The number of hydrogen-bond acceptors (Lipinski definition) is 4. The van der Waals surface area contributed by atoms with Gasteiger partial charge in [-0.3, -0.25) is 9.36 Å². The second kappa shape index (κ2) is 7.15. The van der Waals surface area contributed by atoms with E-state index in [-0.39, 0.29) is 23.9 Å². The molecule has 0 fully saturated rings. The number of ether oxygens (including phenoxy) is 1. The van der Waals surface area contributed by atoms with E-state index in [4.69, 9.17) is 11.6 Å². The van der Waals surface area contributed by atoms with Gasteiger partial charge in [-0.15, -0.1) is 11.6 Å². The fraction of sp³-hybridized carbons (Fsp3) is 0.267. The molecule has 0 aliphatic heterocycles. The molecule has 0 radical (unpaired) electrons. The van der Waals surface area contributed by atoms with E-state index >= 15 is 0 Å². The summed E-state index contributed by atoms with van der Waals surface area (Å²) >= 11 is 5.71. The van der Waals surface area contributed by atoms with Gasteiger partial charge in [-0.25, -0.2) is 15.0 Å². The Morgan fingerprint density at radius 3 is 2.48 bits per heavy atom. The molecule has 1 heterocycles. The molecule has 8 heteroatoms. The molecule has 0 bridgehead atoms. The normalized spacial score (nSPS) is 10.4. The van der Waals surface area contributed by atoms with Gasteiger partial charge in [0.2, 0.25) is 5.78 Å². The van der Waals surface area contributed by atoms with Crippen LogP contribution < -0.4 is 11.1 Å². The Morgan fingerprint density at radius 2 is 1.91 bits per heavy atom. The lowest BCUT2D eigenvalue weighted by atomic mass is 10.1. The van der Waals surface area contributed by atoms with Crippen LogP contribution in [-0.4, -0.2) is 34.1 Å². The molecule has 0 saturated carbocycles. The minimum absolute atomic E-state index is 0.0664. The summed E-state index contributed by atoms with van der Waals surface area (Å²) in [4.78, 5) is 36.6. The molecule has 23 heavy (non-hydrogen) atoms. The highest BCUT2D eigenvalue weighted by Crippen LogP contribution is 2.13. The van der Waals surface area contributed by atoms with E-state index in [1.54, 1.807) is 37.3 Å². The molecular weight excluding hydrogens is 322 g/mol. The van der Waals surface area contributed by atoms with Crippen LogP contribution in [0.2, 0.25) is 0 Å². The lowest BCUT2D eigenvalue weighted by molar-refractivity contribution is 0.103. The van der Waals surface area contributed by atoms with Gasteiger partial charge >= 0.3 is 11.8 Å². The molecule has 1 amide bonds. The summed E-state index contributed by atoms with van der Waals surface area (Å²) in [7, 11) is 1.17. The average molecular weight is 338 g/mol. The molecule has 1 aromatic carbocycles. The summed E-state index contributed by atoms with van der Waals surface area (Å²) in [5, 5.41) is 0. The zero-order valence-electron chi connectivity index (χ0n) is 12.7. The lowest BCUT2D eigenvalue weighted by Crippen LogP contribution is -2.36. The van der Waals surface area contributed by atoms with Crippen molar-refractivity contribution in [2.45, 2.75) is 13.5 Å². The first-order valence-corrected chi connectivity index (χ1v) is 7.37. The Bertz CT molecular complexity index is 780. The molecule has 7 nitrogen and oxygen atoms in total. The van der Waals surface area contributed by atoms with Crippen LogP contribution in [0.5, 0.6) is 0 Å². The number of ketones is 1. The van der Waals surface area contributed by atoms with Crippen LogP contribution >= 0.6 is 11.6 Å². The molecular formula is C15H16ClN3O4. The minimum atomic E-state index is -0.850. The number of rotatable bonds is 5. The smallest absolute Gasteiger partial charge is 0.426 e. The van der Waals surface area contributed by atoms with Gasteiger partial charge in [0, 0.05) is 23.7 Å². The zero-order chi connectivity index (χ0) is 17.0. The van der Waals surface area contributed by atoms with Gasteiger partial charge in [0.1, 0.15) is 5.69 Å². The van der Waals surface area contributed by atoms with Gasteiger partial charge < -0.3 is 4.74 Å². The molecule has 1 aromatic heterocycles. The van der Waals surface area contributed by atoms with E-state index in [1.807, 2.05) is 0 Å². The molecule has 0 atom stereocenters. The third kappa shape index (κ3) is 3.29. The first kappa shape index (κ1) is 16.8. The molecule has 0 saturated heterocycles. The van der Waals surface area contributed by atoms with Crippen molar-refractivity contribution in [2.24, 2.45) is 0 Å². The first-order chi connectivity index (χ1) is 11.0. The predicted molar refractivity (Wildman–Crippen MR) is 85.8 cm³/mol. The summed E-state index contributed by atoms with van der Waals surface area (Å²) in [5.41, 5.74) is 2.58. The first-order valence-electron chi connectivity index (χ1n) is 6.84. The second-order valence-corrected chi connectivity index (χ2v) is 5.07. The fourth-order valence-electron chi connectivity index (χ4n) is 2.23. The molecule has 0 aliphatic carbocycles. The number of alkyl halides is 1. The van der Waals surface area contributed by atoms with Gasteiger partial charge in [0.15, 0.2) is 0 Å². The highest BCUT2D eigenvalue weighted by Gasteiger charge is 2.24. The number of nitrogens with one attached hydrogen (secondary N) is 1. The number of hydrogen-bond donors (Lipinski definition) is 1. The summed E-state index contributed by atoms with van der Waals surface area (Å²) in [5.74, 6) is -0.188. The van der Waals surface area contributed by atoms with Crippen LogP contribution in [0.1, 0.15) is 21.7 Å². The number of carbonyl (C=O) groups is 2. The van der Waals surface area contributed by atoms with Gasteiger partial charge in [0.05, 0.1) is 7.11 Å². The van der Waals surface area contributed by atoms with E-state index < -0.39 is 11.8 Å². The van der Waals surface area contributed by atoms with Crippen LogP contribution in [0.15, 0.2) is 35.1 Å². The van der Waals surface area contributed by atoms with Crippen molar-refractivity contribution in [2.75, 3.05) is 18.4 Å². The van der Waals surface area contributed by atoms with Crippen molar-refractivity contribution < 1.29 is 14.3 Å². The Hall–Kier alpha value is -2.54. The van der Waals surface area contributed by atoms with E-state index in [0.29, 0.717) is 11.3 Å². The molecule has 122 valence electrons. The van der Waals surface area contributed by atoms with Crippen molar-refractivity contribution >= 4 is 23.5 Å². The minimum Gasteiger partial charge on any atom is -0.452 e. The van der Waals surface area contributed by atoms with Gasteiger partial charge in [-0.2, -0.15) is 4.68 Å². The van der Waals surface area contributed by atoms with Crippen molar-refractivity contribution in [1.82, 2.24) is 9.24 Å². The van der Waals surface area contributed by atoms with E-state index in [0.717, 1.165) is 4.68 Å². The summed E-state index contributed by atoms with van der Waals surface area (Å²) in [6.07, 6.45) is -0.850. The van der Waals surface area contributed by atoms with Crippen molar-refractivity contribution in [3.05, 3.63) is 57.8 Å². The van der Waals surface area contributed by atoms with E-state index in [2.05, 4.69) is 10.2 Å². The molecule has 2 aromatic rings. The standard InChI is InChI=1S/C15H16ClN3O4/c1-10-12(13(20)11-6-4-3-5-7-11)19(17-14(21)23-2)15(22)18(10)9-8-16/h3-7H,8-9H2,1-2H3,(H,17,21). The Labute approximate surface area is 137 Å². The van der Waals surface area contributed by atoms with Crippen LogP contribution in [0.3, 0.4) is 0 Å². The maximum atomic E-state index is 12.7. The Morgan fingerprint density at radius 1 is 1.26 bits per heavy atom. The van der Waals surface area contributed by atoms with E-state index in [1.165, 1.54) is 11.7 Å². The van der Waals surface area contributed by atoms with Gasteiger partial charge in [0.25, 0.3) is 0 Å². The number of halogens is 1. The quantitative estimate of drug-likeness (QED) is 0.665. The number of methoxy groups -OCH3 is 1. The highest BCUT2D eigenvalue weighted by atomic mass is 35.5. The number of aromatic nitrogens is 2. The lowest BCUT2D eigenvalue weighted by Gasteiger charge is -2.08. The number of amides is 1. The van der Waals surface area contributed by atoms with Crippen LogP contribution in [0, 0.1) is 6.92 Å². The Kier molecular flexibility index (Phi) is 5.23. The summed E-state index contributed by atoms with van der Waals surface area (Å²) < 4.78 is 6.73. The predicted octanol–water partition coefficient (Wildman–Crippen LogP) is 1.74. The zero-order valence-corrected chi connectivity index (χ0v) is 13.5. The topological polar surface area (TPSA) is 82.3 Å². The van der Waals surface area contributed by atoms with Gasteiger partial charge in [-0.1, -0.05) is 30.3 Å². The molecule has 0 unspecified atom stereocenters.